The molecule has 0 heterocycles. The Bertz CT molecular complexity index is 282. The summed E-state index contributed by atoms with van der Waals surface area (Å²) < 4.78 is 0. The molecule has 0 bridgehead atoms. The standard InChI is InChI=1S/C12H17Cl.CH4S/c1-4-5-10-6-7-11(13)8-12(10)9(2)3;1-2/h6-9H,4-5H2,1-3H3;2H,1H3. The smallest absolute Gasteiger partial charge is 0.0409 e. The maximum absolute atomic E-state index is 5.96. The Morgan fingerprint density at radius 3 is 2.33 bits per heavy atom. The van der Waals surface area contributed by atoms with Crippen LogP contribution in [-0.4, -0.2) is 6.26 Å². The van der Waals surface area contributed by atoms with E-state index >= 15 is 0 Å². The van der Waals surface area contributed by atoms with Gasteiger partial charge in [-0.05, 0) is 41.9 Å². The molecule has 0 saturated carbocycles. The molecule has 0 spiro atoms. The van der Waals surface area contributed by atoms with Gasteiger partial charge in [-0.2, -0.15) is 12.6 Å². The zero-order valence-electron chi connectivity index (χ0n) is 10.0. The zero-order chi connectivity index (χ0) is 11.8. The molecule has 1 aromatic carbocycles. The van der Waals surface area contributed by atoms with Crippen LogP contribution in [0.15, 0.2) is 18.2 Å². The van der Waals surface area contributed by atoms with Crippen LogP contribution in [-0.2, 0) is 6.42 Å². The average Bonchev–Trinajstić information content (AvgIpc) is 2.24. The molecule has 0 aliphatic rings. The van der Waals surface area contributed by atoms with E-state index in [1.807, 2.05) is 6.07 Å². The van der Waals surface area contributed by atoms with Crippen LogP contribution in [0.1, 0.15) is 44.2 Å². The van der Waals surface area contributed by atoms with Gasteiger partial charge >= 0.3 is 0 Å². The maximum atomic E-state index is 5.96. The summed E-state index contributed by atoms with van der Waals surface area (Å²) in [7, 11) is 0. The largest absolute Gasteiger partial charge is 0.183 e. The summed E-state index contributed by atoms with van der Waals surface area (Å²) >= 11 is 9.49. The van der Waals surface area contributed by atoms with Gasteiger partial charge in [-0.1, -0.05) is 44.9 Å². The van der Waals surface area contributed by atoms with Crippen LogP contribution in [0.25, 0.3) is 0 Å². The van der Waals surface area contributed by atoms with E-state index in [-0.39, 0.29) is 0 Å². The van der Waals surface area contributed by atoms with E-state index in [0.717, 1.165) is 11.4 Å². The van der Waals surface area contributed by atoms with Gasteiger partial charge < -0.3 is 0 Å². The van der Waals surface area contributed by atoms with Crippen molar-refractivity contribution in [2.45, 2.75) is 39.5 Å². The molecule has 0 aliphatic heterocycles. The van der Waals surface area contributed by atoms with E-state index < -0.39 is 0 Å². The van der Waals surface area contributed by atoms with E-state index in [2.05, 4.69) is 45.5 Å². The predicted molar refractivity (Wildman–Crippen MR) is 74.4 cm³/mol. The van der Waals surface area contributed by atoms with Crippen molar-refractivity contribution in [1.82, 2.24) is 0 Å². The van der Waals surface area contributed by atoms with Gasteiger partial charge in [0.1, 0.15) is 0 Å². The minimum absolute atomic E-state index is 0.570. The van der Waals surface area contributed by atoms with Gasteiger partial charge in [0.05, 0.1) is 0 Å². The maximum Gasteiger partial charge on any atom is 0.0409 e. The molecule has 0 unspecified atom stereocenters. The third-order valence-electron chi connectivity index (χ3n) is 2.25. The third kappa shape index (κ3) is 4.94. The van der Waals surface area contributed by atoms with Crippen molar-refractivity contribution in [1.29, 1.82) is 0 Å². The third-order valence-corrected chi connectivity index (χ3v) is 2.48. The highest BCUT2D eigenvalue weighted by molar-refractivity contribution is 7.79. The van der Waals surface area contributed by atoms with E-state index in [1.165, 1.54) is 17.5 Å². The van der Waals surface area contributed by atoms with E-state index in [0.29, 0.717) is 5.92 Å². The molecule has 1 rings (SSSR count). The lowest BCUT2D eigenvalue weighted by atomic mass is 9.95. The Labute approximate surface area is 104 Å². The lowest BCUT2D eigenvalue weighted by Crippen LogP contribution is -1.95. The monoisotopic (exact) mass is 244 g/mol. The van der Waals surface area contributed by atoms with Crippen LogP contribution in [0.2, 0.25) is 5.02 Å². The summed E-state index contributed by atoms with van der Waals surface area (Å²) in [5.41, 5.74) is 2.84. The number of halogens is 1. The van der Waals surface area contributed by atoms with Gasteiger partial charge in [0, 0.05) is 5.02 Å². The fraction of sp³-hybridized carbons (Fsp3) is 0.538. The first-order chi connectivity index (χ1) is 7.15. The SMILES string of the molecule is CCCc1ccc(Cl)cc1C(C)C.CS. The highest BCUT2D eigenvalue weighted by Gasteiger charge is 2.05. The van der Waals surface area contributed by atoms with Crippen molar-refractivity contribution in [3.8, 4) is 0 Å². The molecule has 0 nitrogen and oxygen atoms in total. The van der Waals surface area contributed by atoms with Crippen molar-refractivity contribution in [3.05, 3.63) is 34.3 Å². The Morgan fingerprint density at radius 2 is 1.87 bits per heavy atom. The molecule has 0 amide bonds. The fourth-order valence-corrected chi connectivity index (χ4v) is 1.78. The van der Waals surface area contributed by atoms with Crippen molar-refractivity contribution in [2.24, 2.45) is 0 Å². The topological polar surface area (TPSA) is 0 Å². The molecule has 0 aliphatic carbocycles. The van der Waals surface area contributed by atoms with Crippen LogP contribution >= 0.6 is 24.2 Å². The van der Waals surface area contributed by atoms with E-state index in [1.54, 1.807) is 6.26 Å². The summed E-state index contributed by atoms with van der Waals surface area (Å²) in [5, 5.41) is 0.851. The number of hydrogen-bond donors (Lipinski definition) is 1. The molecule has 0 atom stereocenters. The molecule has 0 radical (unpaired) electrons. The van der Waals surface area contributed by atoms with Gasteiger partial charge in [-0.3, -0.25) is 0 Å². The van der Waals surface area contributed by atoms with Crippen LogP contribution < -0.4 is 0 Å². The molecule has 2 heteroatoms. The van der Waals surface area contributed by atoms with Gasteiger partial charge in [-0.25, -0.2) is 0 Å². The average molecular weight is 245 g/mol. The van der Waals surface area contributed by atoms with Crippen molar-refractivity contribution in [3.63, 3.8) is 0 Å². The number of hydrogen-bond acceptors (Lipinski definition) is 1. The molecular weight excluding hydrogens is 224 g/mol. The van der Waals surface area contributed by atoms with Crippen LogP contribution in [0.3, 0.4) is 0 Å². The summed E-state index contributed by atoms with van der Waals surface area (Å²) in [6.45, 7) is 6.63. The molecule has 86 valence electrons. The van der Waals surface area contributed by atoms with Crippen LogP contribution in [0.4, 0.5) is 0 Å². The molecule has 0 N–H and O–H groups in total. The molecule has 0 saturated heterocycles. The second-order valence-corrected chi connectivity index (χ2v) is 4.18. The van der Waals surface area contributed by atoms with Gasteiger partial charge in [0.25, 0.3) is 0 Å². The first kappa shape index (κ1) is 14.9. The first-order valence-electron chi connectivity index (χ1n) is 5.38. The Hall–Kier alpha value is -0.140. The first-order valence-corrected chi connectivity index (χ1v) is 6.65. The lowest BCUT2D eigenvalue weighted by molar-refractivity contribution is 0.821. The Kier molecular flexibility index (Phi) is 7.99. The van der Waals surface area contributed by atoms with Crippen LogP contribution in [0.5, 0.6) is 0 Å². The second-order valence-electron chi connectivity index (χ2n) is 3.75. The fourth-order valence-electron chi connectivity index (χ4n) is 1.60. The minimum Gasteiger partial charge on any atom is -0.183 e. The quantitative estimate of drug-likeness (QED) is 0.714. The number of thiol groups is 1. The highest BCUT2D eigenvalue weighted by Crippen LogP contribution is 2.24. The molecule has 1 aromatic rings. The Balaban J connectivity index is 0.000000921. The minimum atomic E-state index is 0.570. The van der Waals surface area contributed by atoms with E-state index in [9.17, 15) is 0 Å². The Morgan fingerprint density at radius 1 is 1.27 bits per heavy atom. The summed E-state index contributed by atoms with van der Waals surface area (Å²) in [5.74, 6) is 0.570. The van der Waals surface area contributed by atoms with Crippen molar-refractivity contribution in [2.75, 3.05) is 6.26 Å². The van der Waals surface area contributed by atoms with Crippen molar-refractivity contribution < 1.29 is 0 Å². The summed E-state index contributed by atoms with van der Waals surface area (Å²) in [4.78, 5) is 0. The van der Waals surface area contributed by atoms with Gasteiger partial charge in [0.15, 0.2) is 0 Å². The predicted octanol–water partition coefficient (Wildman–Crippen LogP) is 4.96. The molecule has 0 fully saturated rings. The number of benzene rings is 1. The summed E-state index contributed by atoms with van der Waals surface area (Å²) in [6.07, 6.45) is 4.05. The summed E-state index contributed by atoms with van der Waals surface area (Å²) in [6, 6.07) is 6.23. The zero-order valence-corrected chi connectivity index (χ0v) is 11.7. The van der Waals surface area contributed by atoms with Gasteiger partial charge in [-0.15, -0.1) is 0 Å². The molecule has 0 aromatic heterocycles. The van der Waals surface area contributed by atoms with Gasteiger partial charge in [0.2, 0.25) is 0 Å². The normalized spacial score (nSPS) is 9.80. The number of aryl methyl sites for hydroxylation is 1. The van der Waals surface area contributed by atoms with Crippen molar-refractivity contribution >= 4 is 24.2 Å². The van der Waals surface area contributed by atoms with Crippen LogP contribution in [0, 0.1) is 0 Å². The number of rotatable bonds is 3. The van der Waals surface area contributed by atoms with E-state index in [4.69, 9.17) is 11.6 Å². The molecule has 15 heavy (non-hydrogen) atoms. The highest BCUT2D eigenvalue weighted by atomic mass is 35.5. The second kappa shape index (κ2) is 8.06. The molecular formula is C13H21ClS. The lowest BCUT2D eigenvalue weighted by Gasteiger charge is -2.12.